The second-order valence-corrected chi connectivity index (χ2v) is 5.63. The average molecular weight is 300 g/mol. The second-order valence-electron chi connectivity index (χ2n) is 5.20. The van der Waals surface area contributed by atoms with E-state index >= 15 is 0 Å². The van der Waals surface area contributed by atoms with Crippen LogP contribution in [0.4, 0.5) is 0 Å². The van der Waals surface area contributed by atoms with Crippen molar-refractivity contribution >= 4 is 11.6 Å². The Balaban J connectivity index is 2.24. The van der Waals surface area contributed by atoms with E-state index in [2.05, 4.69) is 0 Å². The first-order valence-electron chi connectivity index (χ1n) is 6.96. The van der Waals surface area contributed by atoms with E-state index in [1.807, 2.05) is 12.1 Å². The largest absolute Gasteiger partial charge is 0.496 e. The molecule has 1 fully saturated rings. The molecule has 112 valence electrons. The number of hydrogen-bond acceptors (Lipinski definition) is 4. The predicted molar refractivity (Wildman–Crippen MR) is 79.3 cm³/mol. The monoisotopic (exact) mass is 299 g/mol. The van der Waals surface area contributed by atoms with Crippen LogP contribution in [-0.4, -0.2) is 38.1 Å². The zero-order valence-corrected chi connectivity index (χ0v) is 12.5. The summed E-state index contributed by atoms with van der Waals surface area (Å²) in [4.78, 5) is 0. The van der Waals surface area contributed by atoms with Crippen LogP contribution >= 0.6 is 11.6 Å². The van der Waals surface area contributed by atoms with Crippen LogP contribution in [0.3, 0.4) is 0 Å². The molecule has 0 aliphatic carbocycles. The van der Waals surface area contributed by atoms with E-state index in [4.69, 9.17) is 26.8 Å². The van der Waals surface area contributed by atoms with Crippen LogP contribution in [0.15, 0.2) is 18.2 Å². The first-order chi connectivity index (χ1) is 9.67. The van der Waals surface area contributed by atoms with Gasteiger partial charge in [-0.25, -0.2) is 0 Å². The summed E-state index contributed by atoms with van der Waals surface area (Å²) in [5.41, 5.74) is 6.75. The van der Waals surface area contributed by atoms with Crippen molar-refractivity contribution in [2.24, 2.45) is 11.7 Å². The van der Waals surface area contributed by atoms with Gasteiger partial charge < -0.3 is 20.3 Å². The highest BCUT2D eigenvalue weighted by Gasteiger charge is 2.31. The molecule has 1 aliphatic rings. The van der Waals surface area contributed by atoms with Gasteiger partial charge >= 0.3 is 0 Å². The summed E-state index contributed by atoms with van der Waals surface area (Å²) < 4.78 is 10.8. The molecule has 1 aromatic carbocycles. The highest BCUT2D eigenvalue weighted by molar-refractivity contribution is 6.30. The van der Waals surface area contributed by atoms with Crippen molar-refractivity contribution in [1.82, 2.24) is 0 Å². The smallest absolute Gasteiger partial charge is 0.122 e. The van der Waals surface area contributed by atoms with E-state index in [9.17, 15) is 5.11 Å². The fourth-order valence-corrected chi connectivity index (χ4v) is 2.99. The van der Waals surface area contributed by atoms with Gasteiger partial charge in [0.05, 0.1) is 19.8 Å². The Morgan fingerprint density at radius 2 is 2.35 bits per heavy atom. The lowest BCUT2D eigenvalue weighted by Gasteiger charge is -2.32. The maximum Gasteiger partial charge on any atom is 0.122 e. The van der Waals surface area contributed by atoms with Gasteiger partial charge in [-0.05, 0) is 31.0 Å². The standard InChI is InChI=1S/C15H22ClNO3/c1-19-14-5-4-11(16)7-12(14)13(8-17)15(18)10-3-2-6-20-9-10/h4-5,7,10,13,15,18H,2-3,6,8-9,17H2,1H3. The van der Waals surface area contributed by atoms with Crippen LogP contribution in [0, 0.1) is 5.92 Å². The number of halogens is 1. The molecule has 0 radical (unpaired) electrons. The van der Waals surface area contributed by atoms with E-state index in [-0.39, 0.29) is 11.8 Å². The molecule has 4 nitrogen and oxygen atoms in total. The zero-order valence-electron chi connectivity index (χ0n) is 11.7. The Kier molecular flexibility index (Phi) is 5.66. The van der Waals surface area contributed by atoms with Crippen molar-refractivity contribution in [3.05, 3.63) is 28.8 Å². The van der Waals surface area contributed by atoms with Crippen LogP contribution in [0.25, 0.3) is 0 Å². The number of rotatable bonds is 5. The molecule has 1 saturated heterocycles. The summed E-state index contributed by atoms with van der Waals surface area (Å²) in [6.07, 6.45) is 1.39. The molecule has 1 aliphatic heterocycles. The van der Waals surface area contributed by atoms with Crippen molar-refractivity contribution in [3.8, 4) is 5.75 Å². The van der Waals surface area contributed by atoms with Gasteiger partial charge in [0, 0.05) is 35.6 Å². The third-order valence-corrected chi connectivity index (χ3v) is 4.17. The van der Waals surface area contributed by atoms with Gasteiger partial charge in [0.25, 0.3) is 0 Å². The summed E-state index contributed by atoms with van der Waals surface area (Å²) in [5, 5.41) is 11.3. The van der Waals surface area contributed by atoms with Gasteiger partial charge in [-0.1, -0.05) is 11.6 Å². The molecule has 0 spiro atoms. The Labute approximate surface area is 124 Å². The van der Waals surface area contributed by atoms with E-state index in [0.717, 1.165) is 25.0 Å². The minimum Gasteiger partial charge on any atom is -0.496 e. The molecule has 2 rings (SSSR count). The lowest BCUT2D eigenvalue weighted by atomic mass is 9.83. The molecule has 1 aromatic rings. The normalized spacial score (nSPS) is 22.3. The topological polar surface area (TPSA) is 64.7 Å². The Morgan fingerprint density at radius 1 is 1.55 bits per heavy atom. The number of ether oxygens (including phenoxy) is 2. The van der Waals surface area contributed by atoms with E-state index < -0.39 is 6.10 Å². The summed E-state index contributed by atoms with van der Waals surface area (Å²) in [6.45, 7) is 1.70. The minimum absolute atomic E-state index is 0.112. The molecule has 3 unspecified atom stereocenters. The van der Waals surface area contributed by atoms with Crippen LogP contribution < -0.4 is 10.5 Å². The van der Waals surface area contributed by atoms with Crippen LogP contribution in [0.1, 0.15) is 24.3 Å². The quantitative estimate of drug-likeness (QED) is 0.874. The highest BCUT2D eigenvalue weighted by atomic mass is 35.5. The Hall–Kier alpha value is -0.810. The molecular weight excluding hydrogens is 278 g/mol. The molecule has 3 N–H and O–H groups in total. The van der Waals surface area contributed by atoms with E-state index in [0.29, 0.717) is 23.9 Å². The molecule has 0 bridgehead atoms. The summed E-state index contributed by atoms with van der Waals surface area (Å²) in [7, 11) is 1.61. The predicted octanol–water partition coefficient (Wildman–Crippen LogP) is 2.18. The van der Waals surface area contributed by atoms with Crippen molar-refractivity contribution in [1.29, 1.82) is 0 Å². The van der Waals surface area contributed by atoms with Gasteiger partial charge in [-0.3, -0.25) is 0 Å². The van der Waals surface area contributed by atoms with Gasteiger partial charge in [0.15, 0.2) is 0 Å². The fraction of sp³-hybridized carbons (Fsp3) is 0.600. The number of aliphatic hydroxyl groups excluding tert-OH is 1. The molecule has 1 heterocycles. The van der Waals surface area contributed by atoms with Crippen LogP contribution in [0.5, 0.6) is 5.75 Å². The highest BCUT2D eigenvalue weighted by Crippen LogP contribution is 2.35. The fourth-order valence-electron chi connectivity index (χ4n) is 2.81. The maximum atomic E-state index is 10.6. The number of benzene rings is 1. The summed E-state index contributed by atoms with van der Waals surface area (Å²) in [6, 6.07) is 5.41. The first-order valence-corrected chi connectivity index (χ1v) is 7.34. The third kappa shape index (κ3) is 3.44. The van der Waals surface area contributed by atoms with Crippen molar-refractivity contribution in [3.63, 3.8) is 0 Å². The second kappa shape index (κ2) is 7.27. The summed E-state index contributed by atoms with van der Waals surface area (Å²) in [5.74, 6) is 0.622. The Bertz CT molecular complexity index is 435. The Morgan fingerprint density at radius 3 is 2.95 bits per heavy atom. The van der Waals surface area contributed by atoms with Gasteiger partial charge in [0.2, 0.25) is 0 Å². The lowest BCUT2D eigenvalue weighted by molar-refractivity contribution is -0.0186. The van der Waals surface area contributed by atoms with Gasteiger partial charge in [-0.15, -0.1) is 0 Å². The van der Waals surface area contributed by atoms with Crippen LogP contribution in [-0.2, 0) is 4.74 Å². The molecule has 5 heteroatoms. The number of hydrogen-bond donors (Lipinski definition) is 2. The van der Waals surface area contributed by atoms with Crippen molar-refractivity contribution in [2.45, 2.75) is 24.9 Å². The maximum absolute atomic E-state index is 10.6. The average Bonchev–Trinajstić information content (AvgIpc) is 2.49. The summed E-state index contributed by atoms with van der Waals surface area (Å²) >= 11 is 6.06. The van der Waals surface area contributed by atoms with Gasteiger partial charge in [-0.2, -0.15) is 0 Å². The van der Waals surface area contributed by atoms with Crippen molar-refractivity contribution < 1.29 is 14.6 Å². The lowest BCUT2D eigenvalue weighted by Crippen LogP contribution is -2.37. The van der Waals surface area contributed by atoms with Gasteiger partial charge in [0.1, 0.15) is 5.75 Å². The number of methoxy groups -OCH3 is 1. The molecule has 3 atom stereocenters. The minimum atomic E-state index is -0.548. The number of aliphatic hydroxyl groups is 1. The van der Waals surface area contributed by atoms with Crippen LogP contribution in [0.2, 0.25) is 5.02 Å². The van der Waals surface area contributed by atoms with E-state index in [1.165, 1.54) is 0 Å². The third-order valence-electron chi connectivity index (χ3n) is 3.94. The molecule has 0 amide bonds. The van der Waals surface area contributed by atoms with E-state index in [1.54, 1.807) is 13.2 Å². The molecular formula is C15H22ClNO3. The SMILES string of the molecule is COc1ccc(Cl)cc1C(CN)C(O)C1CCCOC1. The molecule has 20 heavy (non-hydrogen) atoms. The first kappa shape index (κ1) is 15.6. The van der Waals surface area contributed by atoms with Crippen molar-refractivity contribution in [2.75, 3.05) is 26.9 Å². The molecule has 0 saturated carbocycles. The number of nitrogens with two attached hydrogens (primary N) is 1. The zero-order chi connectivity index (χ0) is 14.5. The molecule has 0 aromatic heterocycles.